The Labute approximate surface area is 149 Å². The van der Waals surface area contributed by atoms with E-state index in [1.54, 1.807) is 31.2 Å². The summed E-state index contributed by atoms with van der Waals surface area (Å²) >= 11 is 0. The number of carbonyl (C=O) groups excluding carboxylic acids is 2. The van der Waals surface area contributed by atoms with Gasteiger partial charge in [0.25, 0.3) is 0 Å². The summed E-state index contributed by atoms with van der Waals surface area (Å²) in [4.78, 5) is 23.9. The first kappa shape index (κ1) is 17.8. The molecule has 1 aliphatic rings. The van der Waals surface area contributed by atoms with Gasteiger partial charge in [-0.25, -0.2) is 8.78 Å². The van der Waals surface area contributed by atoms with Gasteiger partial charge in [0, 0.05) is 17.3 Å². The maximum atomic E-state index is 13.6. The first-order valence-electron chi connectivity index (χ1n) is 8.36. The van der Waals surface area contributed by atoms with Crippen molar-refractivity contribution in [3.05, 3.63) is 54.1 Å². The predicted molar refractivity (Wildman–Crippen MR) is 95.9 cm³/mol. The van der Waals surface area contributed by atoms with Crippen molar-refractivity contribution in [1.29, 1.82) is 0 Å². The van der Waals surface area contributed by atoms with Gasteiger partial charge in [-0.2, -0.15) is 0 Å². The summed E-state index contributed by atoms with van der Waals surface area (Å²) in [6, 6.07) is 9.54. The lowest BCUT2D eigenvalue weighted by atomic mass is 10.2. The topological polar surface area (TPSA) is 70.2 Å². The molecule has 0 bridgehead atoms. The smallest absolute Gasteiger partial charge is 0.246 e. The molecular weight excluding hydrogens is 340 g/mol. The molecule has 5 nitrogen and oxygen atoms in total. The van der Waals surface area contributed by atoms with Crippen LogP contribution < -0.4 is 16.0 Å². The van der Waals surface area contributed by atoms with Crippen molar-refractivity contribution in [2.75, 3.05) is 16.0 Å². The van der Waals surface area contributed by atoms with Crippen LogP contribution in [0.4, 0.5) is 25.8 Å². The fourth-order valence-electron chi connectivity index (χ4n) is 2.40. The Morgan fingerprint density at radius 3 is 2.12 bits per heavy atom. The minimum Gasteiger partial charge on any atom is -0.374 e. The Kier molecular flexibility index (Phi) is 5.16. The molecule has 0 spiro atoms. The summed E-state index contributed by atoms with van der Waals surface area (Å²) in [6.45, 7) is 1.58. The van der Waals surface area contributed by atoms with Gasteiger partial charge in [-0.05, 0) is 56.2 Å². The molecule has 26 heavy (non-hydrogen) atoms. The van der Waals surface area contributed by atoms with E-state index in [4.69, 9.17) is 0 Å². The summed E-state index contributed by atoms with van der Waals surface area (Å²) in [6.07, 6.45) is 1.86. The first-order valence-corrected chi connectivity index (χ1v) is 8.36. The van der Waals surface area contributed by atoms with Gasteiger partial charge in [0.15, 0.2) is 0 Å². The highest BCUT2D eigenvalue weighted by Crippen LogP contribution is 2.30. The van der Waals surface area contributed by atoms with Gasteiger partial charge in [-0.1, -0.05) is 6.07 Å². The molecule has 0 aromatic heterocycles. The van der Waals surface area contributed by atoms with Crippen molar-refractivity contribution in [1.82, 2.24) is 0 Å². The molecule has 1 atom stereocenters. The van der Waals surface area contributed by atoms with Crippen LogP contribution in [-0.2, 0) is 9.59 Å². The molecular formula is C19H19F2N3O2. The van der Waals surface area contributed by atoms with Gasteiger partial charge in [0.05, 0.1) is 0 Å². The SMILES string of the molecule is C[C@H](Nc1ccc(NC(=O)C2CC2)cc1)C(=O)Nc1c(F)cccc1F. The molecule has 1 aliphatic carbocycles. The molecule has 0 heterocycles. The molecule has 1 fully saturated rings. The van der Waals surface area contributed by atoms with Crippen molar-refractivity contribution in [3.8, 4) is 0 Å². The fraction of sp³-hybridized carbons (Fsp3) is 0.263. The zero-order valence-electron chi connectivity index (χ0n) is 14.2. The Balaban J connectivity index is 1.57. The number of rotatable bonds is 6. The lowest BCUT2D eigenvalue weighted by molar-refractivity contribution is -0.117. The predicted octanol–water partition coefficient (Wildman–Crippen LogP) is 3.75. The van der Waals surface area contributed by atoms with E-state index in [2.05, 4.69) is 16.0 Å². The van der Waals surface area contributed by atoms with Crippen LogP contribution in [0, 0.1) is 17.6 Å². The summed E-state index contributed by atoms with van der Waals surface area (Å²) < 4.78 is 27.2. The molecule has 3 rings (SSSR count). The van der Waals surface area contributed by atoms with E-state index < -0.39 is 29.3 Å². The second kappa shape index (κ2) is 7.51. The van der Waals surface area contributed by atoms with Crippen molar-refractivity contribution in [3.63, 3.8) is 0 Å². The normalized spacial score (nSPS) is 14.4. The van der Waals surface area contributed by atoms with Crippen molar-refractivity contribution >= 4 is 28.9 Å². The zero-order valence-corrected chi connectivity index (χ0v) is 14.2. The molecule has 7 heteroatoms. The van der Waals surface area contributed by atoms with Gasteiger partial charge in [0.1, 0.15) is 23.4 Å². The maximum Gasteiger partial charge on any atom is 0.246 e. The second-order valence-corrected chi connectivity index (χ2v) is 6.29. The van der Waals surface area contributed by atoms with Crippen molar-refractivity contribution < 1.29 is 18.4 Å². The summed E-state index contributed by atoms with van der Waals surface area (Å²) in [5, 5.41) is 8.02. The number of amides is 2. The lowest BCUT2D eigenvalue weighted by Gasteiger charge is -2.16. The van der Waals surface area contributed by atoms with Gasteiger partial charge in [-0.15, -0.1) is 0 Å². The van der Waals surface area contributed by atoms with Crippen molar-refractivity contribution in [2.24, 2.45) is 5.92 Å². The Morgan fingerprint density at radius 2 is 1.54 bits per heavy atom. The van der Waals surface area contributed by atoms with Crippen molar-refractivity contribution in [2.45, 2.75) is 25.8 Å². The van der Waals surface area contributed by atoms with Crippen LogP contribution in [0.3, 0.4) is 0 Å². The molecule has 136 valence electrons. The van der Waals surface area contributed by atoms with Crippen LogP contribution in [0.15, 0.2) is 42.5 Å². The molecule has 0 unspecified atom stereocenters. The minimum atomic E-state index is -0.832. The van der Waals surface area contributed by atoms with Crippen LogP contribution in [0.2, 0.25) is 0 Å². The number of hydrogen-bond donors (Lipinski definition) is 3. The van der Waals surface area contributed by atoms with E-state index in [-0.39, 0.29) is 11.8 Å². The van der Waals surface area contributed by atoms with Gasteiger partial charge < -0.3 is 16.0 Å². The summed E-state index contributed by atoms with van der Waals surface area (Å²) in [7, 11) is 0. The highest BCUT2D eigenvalue weighted by molar-refractivity contribution is 5.96. The first-order chi connectivity index (χ1) is 12.4. The van der Waals surface area contributed by atoms with E-state index in [1.165, 1.54) is 6.07 Å². The third kappa shape index (κ3) is 4.36. The highest BCUT2D eigenvalue weighted by Gasteiger charge is 2.29. The largest absolute Gasteiger partial charge is 0.374 e. The van der Waals surface area contributed by atoms with Crippen LogP contribution >= 0.6 is 0 Å². The number of para-hydroxylation sites is 1. The molecule has 0 aliphatic heterocycles. The average Bonchev–Trinajstić information content (AvgIpc) is 3.45. The van der Waals surface area contributed by atoms with Gasteiger partial charge in [0.2, 0.25) is 11.8 Å². The zero-order chi connectivity index (χ0) is 18.7. The molecule has 2 aromatic rings. The van der Waals surface area contributed by atoms with E-state index in [1.807, 2.05) is 0 Å². The number of hydrogen-bond acceptors (Lipinski definition) is 3. The average molecular weight is 359 g/mol. The Hall–Kier alpha value is -2.96. The summed E-state index contributed by atoms with van der Waals surface area (Å²) in [5.74, 6) is -2.09. The lowest BCUT2D eigenvalue weighted by Crippen LogP contribution is -2.32. The third-order valence-corrected chi connectivity index (χ3v) is 4.09. The number of nitrogens with one attached hydrogen (secondary N) is 3. The van der Waals surface area contributed by atoms with E-state index >= 15 is 0 Å². The number of halogens is 2. The van der Waals surface area contributed by atoms with Crippen LogP contribution in [-0.4, -0.2) is 17.9 Å². The van der Waals surface area contributed by atoms with Crippen LogP contribution in [0.1, 0.15) is 19.8 Å². The monoisotopic (exact) mass is 359 g/mol. The minimum absolute atomic E-state index is 0.0189. The Morgan fingerprint density at radius 1 is 0.962 bits per heavy atom. The molecule has 3 N–H and O–H groups in total. The molecule has 0 saturated heterocycles. The molecule has 0 radical (unpaired) electrons. The number of anilines is 3. The highest BCUT2D eigenvalue weighted by atomic mass is 19.1. The standard InChI is InChI=1S/C19H19F2N3O2/c1-11(18(25)24-17-15(20)3-2-4-16(17)21)22-13-7-9-14(10-8-13)23-19(26)12-5-6-12/h2-4,7-12,22H,5-6H2,1H3,(H,23,26)(H,24,25)/t11-/m0/s1. The number of benzene rings is 2. The molecule has 1 saturated carbocycles. The second-order valence-electron chi connectivity index (χ2n) is 6.29. The Bertz CT molecular complexity index is 800. The quantitative estimate of drug-likeness (QED) is 0.736. The van der Waals surface area contributed by atoms with E-state index in [9.17, 15) is 18.4 Å². The third-order valence-electron chi connectivity index (χ3n) is 4.09. The van der Waals surface area contributed by atoms with E-state index in [0.717, 1.165) is 25.0 Å². The van der Waals surface area contributed by atoms with Crippen LogP contribution in [0.5, 0.6) is 0 Å². The van der Waals surface area contributed by atoms with E-state index in [0.29, 0.717) is 11.4 Å². The van der Waals surface area contributed by atoms with Gasteiger partial charge in [-0.3, -0.25) is 9.59 Å². The van der Waals surface area contributed by atoms with Crippen LogP contribution in [0.25, 0.3) is 0 Å². The molecule has 2 amide bonds. The van der Waals surface area contributed by atoms with Gasteiger partial charge >= 0.3 is 0 Å². The number of carbonyl (C=O) groups is 2. The maximum absolute atomic E-state index is 13.6. The molecule has 2 aromatic carbocycles. The summed E-state index contributed by atoms with van der Waals surface area (Å²) in [5.41, 5.74) is 0.855. The fourth-order valence-corrected chi connectivity index (χ4v) is 2.40.